The van der Waals surface area contributed by atoms with Crippen LogP contribution in [0.5, 0.6) is 0 Å². The van der Waals surface area contributed by atoms with Gasteiger partial charge in [0.25, 0.3) is 0 Å². The molecular weight excluding hydrogens is 308 g/mol. The molecule has 0 spiro atoms. The van der Waals surface area contributed by atoms with Gasteiger partial charge in [0.1, 0.15) is 0 Å². The van der Waals surface area contributed by atoms with E-state index in [9.17, 15) is 0 Å². The second kappa shape index (κ2) is 6.11. The molecule has 4 heteroatoms. The van der Waals surface area contributed by atoms with E-state index in [0.29, 0.717) is 12.0 Å². The minimum Gasteiger partial charge on any atom is -0.335 e. The van der Waals surface area contributed by atoms with E-state index in [0.717, 1.165) is 21.1 Å². The number of amidine groups is 1. The normalized spacial score (nSPS) is 19.8. The lowest BCUT2D eigenvalue weighted by atomic mass is 10.0. The van der Waals surface area contributed by atoms with Crippen LogP contribution in [-0.4, -0.2) is 17.0 Å². The van der Waals surface area contributed by atoms with Gasteiger partial charge in [-0.2, -0.15) is 0 Å². The summed E-state index contributed by atoms with van der Waals surface area (Å²) in [6.07, 6.45) is 1.19. The van der Waals surface area contributed by atoms with Crippen molar-refractivity contribution < 1.29 is 0 Å². The number of thioether (sulfide) groups is 1. The SMILES string of the molecule is Cc1cc(Br)ccc1NC1=NC(C(C)C)CCS1. The zero-order valence-electron chi connectivity index (χ0n) is 11.0. The molecule has 1 aromatic carbocycles. The third-order valence-electron chi connectivity index (χ3n) is 3.14. The van der Waals surface area contributed by atoms with Gasteiger partial charge >= 0.3 is 0 Å². The van der Waals surface area contributed by atoms with Gasteiger partial charge in [-0.15, -0.1) is 0 Å². The predicted octanol–water partition coefficient (Wildman–Crippen LogP) is 4.69. The molecule has 1 aliphatic heterocycles. The Kier molecular flexibility index (Phi) is 4.73. The van der Waals surface area contributed by atoms with Crippen LogP contribution in [0.3, 0.4) is 0 Å². The second-order valence-electron chi connectivity index (χ2n) is 4.97. The van der Waals surface area contributed by atoms with E-state index >= 15 is 0 Å². The largest absolute Gasteiger partial charge is 0.335 e. The van der Waals surface area contributed by atoms with Crippen molar-refractivity contribution in [1.29, 1.82) is 0 Å². The van der Waals surface area contributed by atoms with Gasteiger partial charge in [0, 0.05) is 15.9 Å². The summed E-state index contributed by atoms with van der Waals surface area (Å²) in [6.45, 7) is 6.60. The molecule has 0 bridgehead atoms. The van der Waals surface area contributed by atoms with E-state index in [4.69, 9.17) is 4.99 Å². The van der Waals surface area contributed by atoms with Gasteiger partial charge in [-0.25, -0.2) is 0 Å². The molecule has 98 valence electrons. The number of aryl methyl sites for hydroxylation is 1. The summed E-state index contributed by atoms with van der Waals surface area (Å²) in [5, 5.41) is 4.51. The molecule has 2 nitrogen and oxygen atoms in total. The summed E-state index contributed by atoms with van der Waals surface area (Å²) in [4.78, 5) is 4.80. The number of rotatable bonds is 2. The fourth-order valence-corrected chi connectivity index (χ4v) is 3.38. The lowest BCUT2D eigenvalue weighted by molar-refractivity contribution is 0.485. The number of aliphatic imine (C=N–C) groups is 1. The summed E-state index contributed by atoms with van der Waals surface area (Å²) in [5.41, 5.74) is 2.38. The fourth-order valence-electron chi connectivity index (χ4n) is 1.96. The molecule has 0 saturated carbocycles. The number of nitrogens with one attached hydrogen (secondary N) is 1. The molecule has 0 fully saturated rings. The van der Waals surface area contributed by atoms with Gasteiger partial charge in [0.15, 0.2) is 5.17 Å². The van der Waals surface area contributed by atoms with Crippen LogP contribution >= 0.6 is 27.7 Å². The average Bonchev–Trinajstić information content (AvgIpc) is 2.33. The van der Waals surface area contributed by atoms with E-state index < -0.39 is 0 Å². The zero-order chi connectivity index (χ0) is 13.1. The maximum atomic E-state index is 4.80. The number of hydrogen-bond donors (Lipinski definition) is 1. The Morgan fingerprint density at radius 3 is 2.89 bits per heavy atom. The van der Waals surface area contributed by atoms with E-state index in [1.165, 1.54) is 12.0 Å². The van der Waals surface area contributed by atoms with Gasteiger partial charge in [0.2, 0.25) is 0 Å². The Hall–Kier alpha value is -0.480. The summed E-state index contributed by atoms with van der Waals surface area (Å²) in [7, 11) is 0. The third kappa shape index (κ3) is 3.51. The first-order valence-corrected chi connectivity index (χ1v) is 8.08. The van der Waals surface area contributed by atoms with E-state index in [1.54, 1.807) is 0 Å². The van der Waals surface area contributed by atoms with Gasteiger partial charge in [-0.3, -0.25) is 4.99 Å². The smallest absolute Gasteiger partial charge is 0.161 e. The monoisotopic (exact) mass is 326 g/mol. The van der Waals surface area contributed by atoms with E-state index in [2.05, 4.69) is 60.2 Å². The fraction of sp³-hybridized carbons (Fsp3) is 0.500. The average molecular weight is 327 g/mol. The Bertz CT molecular complexity index is 457. The number of nitrogens with zero attached hydrogens (tertiary/aromatic N) is 1. The Morgan fingerprint density at radius 1 is 1.44 bits per heavy atom. The van der Waals surface area contributed by atoms with E-state index in [-0.39, 0.29) is 0 Å². The summed E-state index contributed by atoms with van der Waals surface area (Å²) >= 11 is 5.31. The Labute approximate surface area is 122 Å². The highest BCUT2D eigenvalue weighted by Crippen LogP contribution is 2.26. The minimum atomic E-state index is 0.463. The molecule has 2 rings (SSSR count). The molecule has 1 aliphatic rings. The van der Waals surface area contributed by atoms with Gasteiger partial charge in [-0.05, 0) is 43.0 Å². The number of benzene rings is 1. The summed E-state index contributed by atoms with van der Waals surface area (Å²) in [5.74, 6) is 1.78. The Morgan fingerprint density at radius 2 is 2.22 bits per heavy atom. The van der Waals surface area contributed by atoms with Crippen molar-refractivity contribution in [2.75, 3.05) is 11.1 Å². The van der Waals surface area contributed by atoms with Crippen LogP contribution in [0.25, 0.3) is 0 Å². The standard InChI is InChI=1S/C14H19BrN2S/c1-9(2)12-6-7-18-14(16-12)17-13-5-4-11(15)8-10(13)3/h4-5,8-9,12H,6-7H2,1-3H3,(H,16,17). The van der Waals surface area contributed by atoms with Crippen LogP contribution in [0.4, 0.5) is 5.69 Å². The molecule has 0 radical (unpaired) electrons. The first-order valence-electron chi connectivity index (χ1n) is 6.30. The lowest BCUT2D eigenvalue weighted by Gasteiger charge is -2.23. The zero-order valence-corrected chi connectivity index (χ0v) is 13.4. The molecular formula is C14H19BrN2S. The number of hydrogen-bond acceptors (Lipinski definition) is 3. The lowest BCUT2D eigenvalue weighted by Crippen LogP contribution is -2.24. The molecule has 0 aliphatic carbocycles. The highest BCUT2D eigenvalue weighted by atomic mass is 79.9. The molecule has 1 N–H and O–H groups in total. The van der Waals surface area contributed by atoms with Crippen LogP contribution in [-0.2, 0) is 0 Å². The van der Waals surface area contributed by atoms with Crippen molar-refractivity contribution in [3.05, 3.63) is 28.2 Å². The van der Waals surface area contributed by atoms with Crippen molar-refractivity contribution in [2.45, 2.75) is 33.2 Å². The first-order chi connectivity index (χ1) is 8.56. The van der Waals surface area contributed by atoms with E-state index in [1.807, 2.05) is 11.8 Å². The molecule has 18 heavy (non-hydrogen) atoms. The highest BCUT2D eigenvalue weighted by Gasteiger charge is 2.18. The van der Waals surface area contributed by atoms with Crippen LogP contribution < -0.4 is 5.32 Å². The molecule has 1 aromatic rings. The topological polar surface area (TPSA) is 24.4 Å². The van der Waals surface area contributed by atoms with Crippen molar-refractivity contribution in [1.82, 2.24) is 0 Å². The van der Waals surface area contributed by atoms with Gasteiger partial charge in [0.05, 0.1) is 6.04 Å². The second-order valence-corrected chi connectivity index (χ2v) is 6.97. The van der Waals surface area contributed by atoms with Crippen LogP contribution in [0.1, 0.15) is 25.8 Å². The van der Waals surface area contributed by atoms with Crippen LogP contribution in [0, 0.1) is 12.8 Å². The quantitative estimate of drug-likeness (QED) is 0.852. The number of halogens is 1. The maximum Gasteiger partial charge on any atom is 0.161 e. The molecule has 1 atom stereocenters. The third-order valence-corrected chi connectivity index (χ3v) is 4.55. The van der Waals surface area contributed by atoms with Crippen LogP contribution in [0.2, 0.25) is 0 Å². The highest BCUT2D eigenvalue weighted by molar-refractivity contribution is 9.10. The van der Waals surface area contributed by atoms with Gasteiger partial charge < -0.3 is 5.32 Å². The van der Waals surface area contributed by atoms with Crippen LogP contribution in [0.15, 0.2) is 27.7 Å². The molecule has 0 saturated heterocycles. The van der Waals surface area contributed by atoms with Crippen molar-refractivity contribution in [2.24, 2.45) is 10.9 Å². The van der Waals surface area contributed by atoms with Crippen molar-refractivity contribution in [3.8, 4) is 0 Å². The summed E-state index contributed by atoms with van der Waals surface area (Å²) < 4.78 is 1.11. The molecule has 1 unspecified atom stereocenters. The first kappa shape index (κ1) is 13.9. The predicted molar refractivity (Wildman–Crippen MR) is 85.6 cm³/mol. The number of anilines is 1. The molecule has 0 aromatic heterocycles. The van der Waals surface area contributed by atoms with Crippen molar-refractivity contribution in [3.63, 3.8) is 0 Å². The van der Waals surface area contributed by atoms with Gasteiger partial charge in [-0.1, -0.05) is 41.5 Å². The summed E-state index contributed by atoms with van der Waals surface area (Å²) in [6, 6.07) is 6.74. The molecule has 1 heterocycles. The van der Waals surface area contributed by atoms with Crippen molar-refractivity contribution >= 4 is 38.5 Å². The maximum absolute atomic E-state index is 4.80. The molecule has 0 amide bonds. The minimum absolute atomic E-state index is 0.463. The Balaban J connectivity index is 2.13.